The summed E-state index contributed by atoms with van der Waals surface area (Å²) in [4.78, 5) is 11.0. The Bertz CT molecular complexity index is 320. The first-order valence-corrected chi connectivity index (χ1v) is 7.76. The Morgan fingerprint density at radius 3 is 2.87 bits per heavy atom. The van der Waals surface area contributed by atoms with E-state index in [9.17, 15) is 0 Å². The highest BCUT2D eigenvalue weighted by Gasteiger charge is 2.23. The molecule has 0 saturated carbocycles. The van der Waals surface area contributed by atoms with Crippen molar-refractivity contribution in [2.75, 3.05) is 28.3 Å². The van der Waals surface area contributed by atoms with Crippen molar-refractivity contribution in [1.82, 2.24) is 9.97 Å². The molecule has 1 aromatic rings. The molecule has 2 heterocycles. The van der Waals surface area contributed by atoms with Crippen LogP contribution in [0.15, 0.2) is 16.9 Å². The summed E-state index contributed by atoms with van der Waals surface area (Å²) in [6, 6.07) is 0.505. The predicted molar refractivity (Wildman–Crippen MR) is 72.0 cm³/mol. The van der Waals surface area contributed by atoms with Crippen LogP contribution >= 0.6 is 43.6 Å². The number of anilines is 1. The molecule has 82 valence electrons. The Labute approximate surface area is 110 Å². The van der Waals surface area contributed by atoms with Gasteiger partial charge in [-0.2, -0.15) is 11.8 Å². The van der Waals surface area contributed by atoms with E-state index >= 15 is 0 Å². The van der Waals surface area contributed by atoms with E-state index < -0.39 is 0 Å². The van der Waals surface area contributed by atoms with Crippen molar-refractivity contribution in [2.24, 2.45) is 0 Å². The molecule has 1 aromatic heterocycles. The summed E-state index contributed by atoms with van der Waals surface area (Å²) in [5.74, 6) is 3.14. The molecule has 0 bridgehead atoms. The van der Waals surface area contributed by atoms with E-state index in [1.54, 1.807) is 12.4 Å². The van der Waals surface area contributed by atoms with Gasteiger partial charge in [-0.1, -0.05) is 15.9 Å². The van der Waals surface area contributed by atoms with Crippen LogP contribution in [-0.2, 0) is 0 Å². The van der Waals surface area contributed by atoms with Crippen molar-refractivity contribution in [3.63, 3.8) is 0 Å². The van der Waals surface area contributed by atoms with E-state index in [1.807, 2.05) is 11.8 Å². The van der Waals surface area contributed by atoms with E-state index in [4.69, 9.17) is 0 Å². The summed E-state index contributed by atoms with van der Waals surface area (Å²) < 4.78 is 0.924. The molecule has 0 spiro atoms. The van der Waals surface area contributed by atoms with Gasteiger partial charge in [-0.15, -0.1) is 0 Å². The molecule has 1 aliphatic heterocycles. The standard InChI is InChI=1S/C9H11Br2N3S/c10-3-8-6-15-2-1-14(8)9-12-4-7(11)5-13-9/h4-5,8H,1-3,6H2. The third kappa shape index (κ3) is 2.85. The van der Waals surface area contributed by atoms with Crippen LogP contribution in [0, 0.1) is 0 Å². The highest BCUT2D eigenvalue weighted by atomic mass is 79.9. The molecule has 0 N–H and O–H groups in total. The van der Waals surface area contributed by atoms with Crippen LogP contribution in [0.4, 0.5) is 5.95 Å². The van der Waals surface area contributed by atoms with E-state index in [-0.39, 0.29) is 0 Å². The summed E-state index contributed by atoms with van der Waals surface area (Å²) in [6.45, 7) is 1.03. The maximum atomic E-state index is 4.34. The maximum Gasteiger partial charge on any atom is 0.225 e. The number of rotatable bonds is 2. The molecule has 1 atom stereocenters. The summed E-state index contributed by atoms with van der Waals surface area (Å²) >= 11 is 8.88. The topological polar surface area (TPSA) is 29.0 Å². The van der Waals surface area contributed by atoms with E-state index in [0.29, 0.717) is 6.04 Å². The average Bonchev–Trinajstić information content (AvgIpc) is 2.30. The second-order valence-corrected chi connectivity index (χ2v) is 5.99. The van der Waals surface area contributed by atoms with Gasteiger partial charge in [0.25, 0.3) is 0 Å². The second kappa shape index (κ2) is 5.50. The van der Waals surface area contributed by atoms with E-state index in [1.165, 1.54) is 0 Å². The molecule has 15 heavy (non-hydrogen) atoms. The van der Waals surface area contributed by atoms with Gasteiger partial charge in [0.15, 0.2) is 0 Å². The minimum atomic E-state index is 0.505. The van der Waals surface area contributed by atoms with Gasteiger partial charge >= 0.3 is 0 Å². The first-order chi connectivity index (χ1) is 7.31. The molecular weight excluding hydrogens is 342 g/mol. The van der Waals surface area contributed by atoms with Crippen molar-refractivity contribution >= 4 is 49.6 Å². The van der Waals surface area contributed by atoms with Crippen molar-refractivity contribution < 1.29 is 0 Å². The van der Waals surface area contributed by atoms with Crippen LogP contribution in [0.3, 0.4) is 0 Å². The molecule has 0 aromatic carbocycles. The number of thioether (sulfide) groups is 1. The number of alkyl halides is 1. The minimum absolute atomic E-state index is 0.505. The van der Waals surface area contributed by atoms with Gasteiger partial charge < -0.3 is 4.90 Å². The number of hydrogen-bond acceptors (Lipinski definition) is 4. The molecule has 1 aliphatic rings. The van der Waals surface area contributed by atoms with Crippen LogP contribution < -0.4 is 4.90 Å². The van der Waals surface area contributed by atoms with Crippen LogP contribution in [-0.4, -0.2) is 39.4 Å². The van der Waals surface area contributed by atoms with Gasteiger partial charge in [0.05, 0.1) is 10.5 Å². The third-order valence-electron chi connectivity index (χ3n) is 2.27. The number of hydrogen-bond donors (Lipinski definition) is 0. The van der Waals surface area contributed by atoms with Crippen LogP contribution in [0.5, 0.6) is 0 Å². The smallest absolute Gasteiger partial charge is 0.225 e. The highest BCUT2D eigenvalue weighted by molar-refractivity contribution is 9.10. The molecule has 6 heteroatoms. The first kappa shape index (κ1) is 11.7. The van der Waals surface area contributed by atoms with E-state index in [0.717, 1.165) is 33.8 Å². The van der Waals surface area contributed by atoms with Crippen molar-refractivity contribution in [1.29, 1.82) is 0 Å². The molecule has 0 aliphatic carbocycles. The van der Waals surface area contributed by atoms with E-state index in [2.05, 4.69) is 46.7 Å². The summed E-state index contributed by atoms with van der Waals surface area (Å²) in [6.07, 6.45) is 3.60. The van der Waals surface area contributed by atoms with Gasteiger partial charge in [0.2, 0.25) is 5.95 Å². The monoisotopic (exact) mass is 351 g/mol. The fourth-order valence-corrected chi connectivity index (χ4v) is 3.65. The predicted octanol–water partition coefficient (Wildman–Crippen LogP) is 2.56. The van der Waals surface area contributed by atoms with Gasteiger partial charge in [-0.25, -0.2) is 9.97 Å². The summed E-state index contributed by atoms with van der Waals surface area (Å²) in [5.41, 5.74) is 0. The lowest BCUT2D eigenvalue weighted by molar-refractivity contribution is 0.687. The maximum absolute atomic E-state index is 4.34. The molecule has 0 radical (unpaired) electrons. The quantitative estimate of drug-likeness (QED) is 0.765. The van der Waals surface area contributed by atoms with Crippen LogP contribution in [0.25, 0.3) is 0 Å². The lowest BCUT2D eigenvalue weighted by atomic mass is 10.3. The van der Waals surface area contributed by atoms with Gasteiger partial charge in [-0.3, -0.25) is 0 Å². The fraction of sp³-hybridized carbons (Fsp3) is 0.556. The first-order valence-electron chi connectivity index (χ1n) is 4.69. The van der Waals surface area contributed by atoms with Crippen molar-refractivity contribution in [3.05, 3.63) is 16.9 Å². The Morgan fingerprint density at radius 2 is 2.20 bits per heavy atom. The van der Waals surface area contributed by atoms with Crippen LogP contribution in [0.1, 0.15) is 0 Å². The molecule has 1 saturated heterocycles. The zero-order valence-corrected chi connectivity index (χ0v) is 12.1. The SMILES string of the molecule is BrCC1CSCCN1c1ncc(Br)cn1. The number of nitrogens with zero attached hydrogens (tertiary/aromatic N) is 3. The molecule has 0 amide bonds. The average molecular weight is 353 g/mol. The fourth-order valence-electron chi connectivity index (χ4n) is 1.50. The Morgan fingerprint density at radius 1 is 1.47 bits per heavy atom. The normalized spacial score (nSPS) is 21.7. The zero-order chi connectivity index (χ0) is 10.7. The van der Waals surface area contributed by atoms with Gasteiger partial charge in [0, 0.05) is 35.8 Å². The molecule has 1 unspecified atom stereocenters. The highest BCUT2D eigenvalue weighted by Crippen LogP contribution is 2.22. The second-order valence-electron chi connectivity index (χ2n) is 3.28. The largest absolute Gasteiger partial charge is 0.335 e. The molecule has 1 fully saturated rings. The lowest BCUT2D eigenvalue weighted by Gasteiger charge is -2.34. The van der Waals surface area contributed by atoms with Gasteiger partial charge in [-0.05, 0) is 15.9 Å². The molecular formula is C9H11Br2N3S. The molecule has 3 nitrogen and oxygen atoms in total. The Kier molecular flexibility index (Phi) is 4.28. The van der Waals surface area contributed by atoms with Crippen LogP contribution in [0.2, 0.25) is 0 Å². The zero-order valence-electron chi connectivity index (χ0n) is 8.07. The van der Waals surface area contributed by atoms with Crippen molar-refractivity contribution in [3.8, 4) is 0 Å². The van der Waals surface area contributed by atoms with Crippen molar-refractivity contribution in [2.45, 2.75) is 6.04 Å². The number of aromatic nitrogens is 2. The summed E-state index contributed by atoms with van der Waals surface area (Å²) in [7, 11) is 0. The lowest BCUT2D eigenvalue weighted by Crippen LogP contribution is -2.44. The summed E-state index contributed by atoms with van der Waals surface area (Å²) in [5, 5.41) is 0.972. The Hall–Kier alpha value is 0.190. The Balaban J connectivity index is 2.16. The number of halogens is 2. The minimum Gasteiger partial charge on any atom is -0.335 e. The molecule has 2 rings (SSSR count). The van der Waals surface area contributed by atoms with Gasteiger partial charge in [0.1, 0.15) is 0 Å². The third-order valence-corrected chi connectivity index (χ3v) is 4.52.